The minimum absolute atomic E-state index is 0. The first-order valence-electron chi connectivity index (χ1n) is 2.93. The van der Waals surface area contributed by atoms with Crippen molar-refractivity contribution in [3.05, 3.63) is 30.6 Å². The molecule has 0 aliphatic carbocycles. The van der Waals surface area contributed by atoms with Crippen molar-refractivity contribution in [2.45, 2.75) is 6.54 Å². The number of hydrogen-bond donors (Lipinski definition) is 0. The first kappa shape index (κ1) is 10.6. The average Bonchev–Trinajstić information content (AvgIpc) is 1.91. The maximum Gasteiger partial charge on any atom is 0.168 e. The Kier molecular flexibility index (Phi) is 6.71. The van der Waals surface area contributed by atoms with Crippen LogP contribution in [0.3, 0.4) is 0 Å². The molecule has 0 unspecified atom stereocenters. The molecular formula is C7H9I2N. The minimum Gasteiger partial charge on any atom is -1.00 e. The van der Waals surface area contributed by atoms with Gasteiger partial charge in [-0.2, -0.15) is 0 Å². The molecular weight excluding hydrogens is 352 g/mol. The number of hydrogen-bond acceptors (Lipinski definition) is 0. The van der Waals surface area contributed by atoms with E-state index < -0.39 is 0 Å². The SMILES string of the molecule is ICC[n+]1ccccc1.[I-]. The van der Waals surface area contributed by atoms with Crippen molar-refractivity contribution >= 4 is 22.6 Å². The van der Waals surface area contributed by atoms with Gasteiger partial charge < -0.3 is 24.0 Å². The molecule has 0 aliphatic heterocycles. The highest BCUT2D eigenvalue weighted by Crippen LogP contribution is 1.81. The molecule has 1 heterocycles. The van der Waals surface area contributed by atoms with E-state index in [-0.39, 0.29) is 24.0 Å². The van der Waals surface area contributed by atoms with Gasteiger partial charge in [0.05, 0.1) is 4.43 Å². The summed E-state index contributed by atoms with van der Waals surface area (Å²) in [6.07, 6.45) is 4.16. The fourth-order valence-corrected chi connectivity index (χ4v) is 1.24. The Balaban J connectivity index is 0.000000810. The number of rotatable bonds is 2. The molecule has 56 valence electrons. The molecule has 0 spiro atoms. The van der Waals surface area contributed by atoms with Gasteiger partial charge in [0, 0.05) is 12.1 Å². The van der Waals surface area contributed by atoms with Crippen LogP contribution in [-0.2, 0) is 6.54 Å². The summed E-state index contributed by atoms with van der Waals surface area (Å²) >= 11 is 2.37. The average molecular weight is 361 g/mol. The second-order valence-corrected chi connectivity index (χ2v) is 2.88. The van der Waals surface area contributed by atoms with Gasteiger partial charge in [-0.1, -0.05) is 28.7 Å². The lowest BCUT2D eigenvalue weighted by Gasteiger charge is -1.88. The molecule has 0 aliphatic rings. The third kappa shape index (κ3) is 3.70. The zero-order chi connectivity index (χ0) is 6.53. The second-order valence-electron chi connectivity index (χ2n) is 1.80. The fourth-order valence-electron chi connectivity index (χ4n) is 0.681. The lowest BCUT2D eigenvalue weighted by atomic mass is 10.5. The van der Waals surface area contributed by atoms with Crippen LogP contribution in [0.2, 0.25) is 0 Å². The van der Waals surface area contributed by atoms with Crippen molar-refractivity contribution in [2.75, 3.05) is 4.43 Å². The Morgan fingerprint density at radius 3 is 2.20 bits per heavy atom. The summed E-state index contributed by atoms with van der Waals surface area (Å²) in [5.74, 6) is 0. The normalized spacial score (nSPS) is 8.50. The summed E-state index contributed by atoms with van der Waals surface area (Å²) in [5, 5.41) is 0. The Bertz CT molecular complexity index is 165. The van der Waals surface area contributed by atoms with E-state index in [1.807, 2.05) is 18.2 Å². The maximum atomic E-state index is 2.37. The molecule has 1 nitrogen and oxygen atoms in total. The van der Waals surface area contributed by atoms with E-state index in [1.165, 1.54) is 4.43 Å². The van der Waals surface area contributed by atoms with Crippen molar-refractivity contribution in [2.24, 2.45) is 0 Å². The van der Waals surface area contributed by atoms with Gasteiger partial charge in [-0.05, 0) is 0 Å². The lowest BCUT2D eigenvalue weighted by Crippen LogP contribution is -3.00. The van der Waals surface area contributed by atoms with Gasteiger partial charge in [-0.15, -0.1) is 0 Å². The number of alkyl halides is 1. The molecule has 10 heavy (non-hydrogen) atoms. The van der Waals surface area contributed by atoms with Gasteiger partial charge in [-0.3, -0.25) is 0 Å². The highest BCUT2D eigenvalue weighted by molar-refractivity contribution is 14.1. The largest absolute Gasteiger partial charge is 1.00 e. The van der Waals surface area contributed by atoms with Crippen LogP contribution < -0.4 is 28.5 Å². The van der Waals surface area contributed by atoms with Crippen LogP contribution in [0.4, 0.5) is 0 Å². The maximum absolute atomic E-state index is 2.37. The number of aryl methyl sites for hydroxylation is 1. The molecule has 0 fully saturated rings. The molecule has 0 saturated carbocycles. The zero-order valence-corrected chi connectivity index (χ0v) is 9.82. The summed E-state index contributed by atoms with van der Waals surface area (Å²) < 4.78 is 3.35. The topological polar surface area (TPSA) is 3.88 Å². The third-order valence-corrected chi connectivity index (χ3v) is 1.60. The summed E-state index contributed by atoms with van der Waals surface area (Å²) in [4.78, 5) is 0. The Labute approximate surface area is 92.0 Å². The highest BCUT2D eigenvalue weighted by atomic mass is 127. The molecule has 0 atom stereocenters. The Hall–Kier alpha value is 0.610. The van der Waals surface area contributed by atoms with Crippen LogP contribution in [0.25, 0.3) is 0 Å². The summed E-state index contributed by atoms with van der Waals surface area (Å²) in [7, 11) is 0. The fraction of sp³-hybridized carbons (Fsp3) is 0.286. The molecule has 3 heteroatoms. The smallest absolute Gasteiger partial charge is 0.168 e. The van der Waals surface area contributed by atoms with E-state index >= 15 is 0 Å². The van der Waals surface area contributed by atoms with Crippen molar-refractivity contribution in [3.63, 3.8) is 0 Å². The monoisotopic (exact) mass is 361 g/mol. The molecule has 0 bridgehead atoms. The van der Waals surface area contributed by atoms with E-state index in [2.05, 4.69) is 39.6 Å². The van der Waals surface area contributed by atoms with Gasteiger partial charge in [-0.25, -0.2) is 4.57 Å². The predicted molar refractivity (Wildman–Crippen MR) is 45.5 cm³/mol. The molecule has 1 rings (SSSR count). The van der Waals surface area contributed by atoms with Crippen LogP contribution in [0.5, 0.6) is 0 Å². The molecule has 1 aromatic rings. The van der Waals surface area contributed by atoms with Gasteiger partial charge >= 0.3 is 0 Å². The molecule has 0 radical (unpaired) electrons. The van der Waals surface area contributed by atoms with Crippen LogP contribution in [0, 0.1) is 0 Å². The molecule has 0 aromatic carbocycles. The zero-order valence-electron chi connectivity index (χ0n) is 5.50. The summed E-state index contributed by atoms with van der Waals surface area (Å²) in [5.41, 5.74) is 0. The highest BCUT2D eigenvalue weighted by Gasteiger charge is 1.91. The van der Waals surface area contributed by atoms with Crippen molar-refractivity contribution in [1.29, 1.82) is 0 Å². The van der Waals surface area contributed by atoms with Gasteiger partial charge in [0.1, 0.15) is 0 Å². The minimum atomic E-state index is 0. The van der Waals surface area contributed by atoms with Gasteiger partial charge in [0.2, 0.25) is 0 Å². The first-order valence-corrected chi connectivity index (χ1v) is 4.46. The van der Waals surface area contributed by atoms with E-state index in [4.69, 9.17) is 0 Å². The van der Waals surface area contributed by atoms with Crippen LogP contribution in [0.1, 0.15) is 0 Å². The second kappa shape index (κ2) is 6.33. The summed E-state index contributed by atoms with van der Waals surface area (Å²) in [6, 6.07) is 6.13. The van der Waals surface area contributed by atoms with Crippen LogP contribution >= 0.6 is 22.6 Å². The van der Waals surface area contributed by atoms with Gasteiger partial charge in [0.25, 0.3) is 0 Å². The van der Waals surface area contributed by atoms with E-state index in [0.717, 1.165) is 6.54 Å². The summed E-state index contributed by atoms with van der Waals surface area (Å²) in [6.45, 7) is 1.11. The number of pyridine rings is 1. The third-order valence-electron chi connectivity index (χ3n) is 1.12. The molecule has 0 amide bonds. The van der Waals surface area contributed by atoms with Crippen molar-refractivity contribution in [3.8, 4) is 0 Å². The number of halogens is 2. The Morgan fingerprint density at radius 2 is 1.70 bits per heavy atom. The van der Waals surface area contributed by atoms with Crippen LogP contribution in [0.15, 0.2) is 30.6 Å². The molecule has 0 N–H and O–H groups in total. The van der Waals surface area contributed by atoms with Crippen LogP contribution in [-0.4, -0.2) is 4.43 Å². The van der Waals surface area contributed by atoms with Gasteiger partial charge in [0.15, 0.2) is 18.9 Å². The van der Waals surface area contributed by atoms with Crippen molar-refractivity contribution < 1.29 is 28.5 Å². The first-order chi connectivity index (χ1) is 4.43. The van der Waals surface area contributed by atoms with E-state index in [0.29, 0.717) is 0 Å². The Morgan fingerprint density at radius 1 is 1.10 bits per heavy atom. The van der Waals surface area contributed by atoms with Crippen molar-refractivity contribution in [1.82, 2.24) is 0 Å². The molecule has 0 saturated heterocycles. The van der Waals surface area contributed by atoms with E-state index in [1.54, 1.807) is 0 Å². The quantitative estimate of drug-likeness (QED) is 0.340. The lowest BCUT2D eigenvalue weighted by molar-refractivity contribution is -0.691. The standard InChI is InChI=1S/C7H9IN.HI/c8-4-7-9-5-2-1-3-6-9;/h1-3,5-6H,4,7H2;1H/q+1;/p-1. The molecule has 1 aromatic heterocycles. The predicted octanol–water partition coefficient (Wildman–Crippen LogP) is -1.59. The number of nitrogens with zero attached hydrogens (tertiary/aromatic N) is 1. The number of aromatic nitrogens is 1. The van der Waals surface area contributed by atoms with E-state index in [9.17, 15) is 0 Å².